The van der Waals surface area contributed by atoms with Gasteiger partial charge in [0.15, 0.2) is 30.0 Å². The number of aliphatic imine (C=N–C) groups is 15. The lowest BCUT2D eigenvalue weighted by atomic mass is 10.0. The normalized spacial score (nSPS) is 17.8. The number of nitrogens with two attached hydrogens (primary N) is 3. The second-order valence-electron chi connectivity index (χ2n) is 38.5. The van der Waals surface area contributed by atoms with Gasteiger partial charge in [-0.25, -0.2) is 69.9 Å². The van der Waals surface area contributed by atoms with Crippen LogP contribution in [0.1, 0.15) is 266 Å². The second-order valence-corrected chi connectivity index (χ2v) is 38.5. The molecule has 46 heteroatoms. The molecule has 148 heavy (non-hydrogen) atoms. The van der Waals surface area contributed by atoms with E-state index < -0.39 is 223 Å². The number of aromatic nitrogens is 1. The van der Waals surface area contributed by atoms with Crippen molar-refractivity contribution in [3.05, 3.63) is 65.9 Å². The number of benzene rings is 2. The number of hydrogen-bond donors (Lipinski definition) is 27. The number of carbonyl (C=O) groups is 2. The summed E-state index contributed by atoms with van der Waals surface area (Å²) in [6.07, 6.45) is 15.2. The fourth-order valence-corrected chi connectivity index (χ4v) is 16.1. The van der Waals surface area contributed by atoms with Crippen LogP contribution in [0.2, 0.25) is 0 Å². The summed E-state index contributed by atoms with van der Waals surface area (Å²) in [5.41, 5.74) is 19.4. The van der Waals surface area contributed by atoms with Crippen LogP contribution in [0.25, 0.3) is 10.9 Å². The van der Waals surface area contributed by atoms with Gasteiger partial charge in [-0.2, -0.15) is 0 Å². The lowest BCUT2D eigenvalue weighted by Gasteiger charge is -2.24. The summed E-state index contributed by atoms with van der Waals surface area (Å²) in [6, 6.07) is -5.79. The lowest BCUT2D eigenvalue weighted by Crippen LogP contribution is -2.42. The minimum absolute atomic E-state index is 0.00801. The van der Waals surface area contributed by atoms with E-state index >= 15 is 0 Å². The molecular weight excluding hydrogens is 1920 g/mol. The van der Waals surface area contributed by atoms with Gasteiger partial charge in [-0.3, -0.25) is 25.4 Å². The lowest BCUT2D eigenvalue weighted by molar-refractivity contribution is -0.145. The van der Waals surface area contributed by atoms with Crippen molar-refractivity contribution in [2.45, 2.75) is 359 Å². The van der Waals surface area contributed by atoms with Gasteiger partial charge in [0.25, 0.3) is 0 Å². The van der Waals surface area contributed by atoms with Crippen molar-refractivity contribution in [3.63, 3.8) is 0 Å². The average molecular weight is 2090 g/mol. The number of likely N-dealkylation sites (N-methyl/N-ethyl adjacent to an activating group) is 1. The highest BCUT2D eigenvalue weighted by atomic mass is 16.6. The van der Waals surface area contributed by atoms with Crippen molar-refractivity contribution in [2.75, 3.05) is 66.0 Å². The smallest absolute Gasteiger partial charge is 0.320 e. The monoisotopic (exact) mass is 2080 g/mol. The number of para-hydroxylation sites is 1. The number of aromatic amines is 1. The SMILES string of the molecule is CCCCCCCCCCCCCC(O)=NCCCCC(N=C(O)C(CCCCN)N=C(O)C(CCCCN)N=C(O)C1CCCN1C(=O)CN=C(O)C(CC(C)C)N=C(O)C(CC(C)C)N=C(O)C(Cc1ccc(O)cc1)N=C(O)CN=C(O)C(C)N=C(O)C(CO)N=C(O)C(CC(=N)O)N=C(O)C(CC(C)C)N=C(O)C(N=C(O)C(Cc1c[nH]c2ccccc12)OC(=O)CNC)C(C)O)C(O)=NC(CCCCN)C(=N)O. The minimum Gasteiger partial charge on any atom is -0.508 e. The molecule has 3 aromatic rings. The van der Waals surface area contributed by atoms with E-state index in [-0.39, 0.29) is 126 Å². The molecule has 1 amide bonds. The number of phenolic OH excluding ortho intramolecular Hbond substituents is 1. The number of aliphatic hydroxyl groups excluding tert-OH is 19. The molecule has 1 aromatic heterocycles. The summed E-state index contributed by atoms with van der Waals surface area (Å²) in [4.78, 5) is 95.4. The number of phenols is 1. The third kappa shape index (κ3) is 49.1. The molecule has 1 aliphatic heterocycles. The number of carbonyl (C=O) groups excluding carboxylic acids is 2. The number of ether oxygens (including phenoxy) is 1. The molecular formula is C102H169N23O23. The number of likely N-dealkylation sites (tertiary alicyclic amines) is 1. The van der Waals surface area contributed by atoms with Gasteiger partial charge in [-0.1, -0.05) is 143 Å². The van der Waals surface area contributed by atoms with E-state index in [2.05, 4.69) is 92.1 Å². The first-order valence-corrected chi connectivity index (χ1v) is 51.8. The number of amides is 1. The molecule has 2 aromatic carbocycles. The molecule has 1 aliphatic rings. The van der Waals surface area contributed by atoms with Crippen LogP contribution in [-0.2, 0) is 27.2 Å². The predicted molar refractivity (Wildman–Crippen MR) is 585 cm³/mol. The Hall–Kier alpha value is -12.5. The third-order valence-corrected chi connectivity index (χ3v) is 24.2. The van der Waals surface area contributed by atoms with Gasteiger partial charge >= 0.3 is 5.97 Å². The van der Waals surface area contributed by atoms with Crippen LogP contribution in [0.5, 0.6) is 5.75 Å². The molecule has 4 rings (SSSR count). The Labute approximate surface area is 867 Å². The molecule has 15 atom stereocenters. The Bertz CT molecular complexity index is 4970. The van der Waals surface area contributed by atoms with Gasteiger partial charge in [0.2, 0.25) is 94.4 Å². The van der Waals surface area contributed by atoms with Crippen molar-refractivity contribution in [1.29, 1.82) is 10.8 Å². The second kappa shape index (κ2) is 70.4. The van der Waals surface area contributed by atoms with Crippen LogP contribution in [-0.4, -0.2) is 381 Å². The Kier molecular flexibility index (Phi) is 60.8. The Morgan fingerprint density at radius 1 is 0.473 bits per heavy atom. The fraction of sp³-hybridized carbons (Fsp3) is 0.676. The zero-order valence-electron chi connectivity index (χ0n) is 87.6. The Balaban J connectivity index is 1.64. The van der Waals surface area contributed by atoms with Crippen LogP contribution in [0.3, 0.4) is 0 Å². The number of fused-ring (bicyclic) bond motifs is 1. The maximum atomic E-state index is 14.3. The molecule has 0 spiro atoms. The Morgan fingerprint density at radius 3 is 1.45 bits per heavy atom. The molecule has 46 nitrogen and oxygen atoms in total. The number of aromatic hydroxyl groups is 1. The van der Waals surface area contributed by atoms with Gasteiger partial charge in [-0.15, -0.1) is 0 Å². The molecule has 0 bridgehead atoms. The van der Waals surface area contributed by atoms with Crippen molar-refractivity contribution >= 4 is 123 Å². The number of hydrogen-bond acceptors (Lipinski definition) is 27. The summed E-state index contributed by atoms with van der Waals surface area (Å²) >= 11 is 0. The summed E-state index contributed by atoms with van der Waals surface area (Å²) in [7, 11) is 1.50. The van der Waals surface area contributed by atoms with E-state index in [9.17, 15) is 112 Å². The molecule has 2 heterocycles. The molecule has 0 radical (unpaired) electrons. The van der Waals surface area contributed by atoms with E-state index in [0.717, 1.165) is 36.6 Å². The molecule has 0 saturated carbocycles. The number of aliphatic hydroxyl groups is 19. The number of nitrogens with zero attached hydrogens (tertiary/aromatic N) is 16. The molecule has 1 fully saturated rings. The molecule has 0 aliphatic carbocycles. The van der Waals surface area contributed by atoms with E-state index in [1.165, 1.54) is 95.0 Å². The maximum absolute atomic E-state index is 14.3. The molecule has 1 saturated heterocycles. The van der Waals surface area contributed by atoms with Crippen molar-refractivity contribution < 1.29 is 116 Å². The number of H-pyrrole nitrogens is 1. The van der Waals surface area contributed by atoms with Gasteiger partial charge in [0.1, 0.15) is 85.3 Å². The molecule has 830 valence electrons. The van der Waals surface area contributed by atoms with Crippen LogP contribution in [0.4, 0.5) is 0 Å². The number of unbranched alkanes of at least 4 members (excludes halogenated alkanes) is 14. The quantitative estimate of drug-likeness (QED) is 0.0108. The fourth-order valence-electron chi connectivity index (χ4n) is 16.1. The van der Waals surface area contributed by atoms with Crippen molar-refractivity contribution in [3.8, 4) is 5.75 Å². The highest BCUT2D eigenvalue weighted by Gasteiger charge is 2.37. The summed E-state index contributed by atoms with van der Waals surface area (Å²) < 4.78 is 5.58. The zero-order chi connectivity index (χ0) is 110. The van der Waals surface area contributed by atoms with Crippen LogP contribution in [0, 0.1) is 28.6 Å². The number of nitrogens with one attached hydrogen (secondary N) is 4. The molecule has 15 unspecified atom stereocenters. The molecule has 30 N–H and O–H groups in total. The van der Waals surface area contributed by atoms with Crippen molar-refractivity contribution in [2.24, 2.45) is 110 Å². The largest absolute Gasteiger partial charge is 0.508 e. The third-order valence-electron chi connectivity index (χ3n) is 24.2. The van der Waals surface area contributed by atoms with Crippen LogP contribution >= 0.6 is 0 Å². The highest BCUT2D eigenvalue weighted by Crippen LogP contribution is 2.27. The average Bonchev–Trinajstić information content (AvgIpc) is 1.67. The van der Waals surface area contributed by atoms with Gasteiger partial charge in [0.05, 0.1) is 25.7 Å². The van der Waals surface area contributed by atoms with Crippen LogP contribution < -0.4 is 22.5 Å². The Morgan fingerprint density at radius 2 is 0.932 bits per heavy atom. The number of rotatable bonds is 76. The number of esters is 1. The topological polar surface area (TPSA) is 790 Å². The van der Waals surface area contributed by atoms with Crippen molar-refractivity contribution in [1.82, 2.24) is 15.2 Å². The van der Waals surface area contributed by atoms with E-state index in [1.807, 2.05) is 6.07 Å². The van der Waals surface area contributed by atoms with Gasteiger partial charge in [-0.05, 0) is 203 Å². The summed E-state index contributed by atoms with van der Waals surface area (Å²) in [5, 5.41) is 245. The van der Waals surface area contributed by atoms with E-state index in [0.29, 0.717) is 81.9 Å². The van der Waals surface area contributed by atoms with Crippen LogP contribution in [0.15, 0.2) is 130 Å². The standard InChI is InChI=1S/C102H169N23O23/c1-11-12-13-14-15-16-17-18-19-20-21-40-84(130)109-48-31-27-38-73(92(137)115-71(89(107)134)35-24-28-45-103)117-93(138)72(36-25-29-46-104)116-94(139)74(37-26-30-47-105)118-100(145)81-39-32-49-125(81)86(132)58-112-91(136)75(50-61(2)3)119-95(140)76(51-62(4)5)120-97(142)78(53-66-41-43-68(128)44-42-66)114-85(131)57-111-90(135)64(8)113-99(144)80(60-126)123-98(143)79(55-83(106)129)121-96(141)77(52-63(6)7)122-102(147)88(65(9)127)124-101(146)82(148-87(133)59-108-10)54-67-56-110-70-34-23-22-33-69(67)70/h22-23,33-34,41-44,56,61-65,71-82,88,108,110,126-128H,11-21,24-32,35-40,45-55,57-60,103-105H2,1-10H3,(H2,106,129)(H2,107,134)(H,109,130)(H,111,135)(H,112,136)(H,113,144)(H,114,131)(H,115,137)(H,116,139)(H,117,138)(H,118,145)(H,119,140)(H,120,142)(H,121,141)(H,122,147)(H,123,143)(H,124,146). The summed E-state index contributed by atoms with van der Waals surface area (Å²) in [5.74, 6) is -15.3. The van der Waals surface area contributed by atoms with Gasteiger partial charge < -0.3 is 139 Å². The minimum atomic E-state index is -1.87. The highest BCUT2D eigenvalue weighted by molar-refractivity contribution is 5.97. The first-order valence-electron chi connectivity index (χ1n) is 51.8. The summed E-state index contributed by atoms with van der Waals surface area (Å²) in [6.45, 7) is 13.6. The maximum Gasteiger partial charge on any atom is 0.320 e. The predicted octanol–water partition coefficient (Wildman–Crippen LogP) is 13.8. The van der Waals surface area contributed by atoms with Gasteiger partial charge in [0, 0.05) is 49.5 Å². The first-order chi connectivity index (χ1) is 70.5. The van der Waals surface area contributed by atoms with E-state index in [4.69, 9.17) is 32.8 Å². The first kappa shape index (κ1) is 128. The van der Waals surface area contributed by atoms with E-state index in [1.54, 1.807) is 65.9 Å². The zero-order valence-corrected chi connectivity index (χ0v) is 87.6.